The molecule has 0 saturated carbocycles. The molecule has 0 bridgehead atoms. The third-order valence-electron chi connectivity index (χ3n) is 2.13. The van der Waals surface area contributed by atoms with Gasteiger partial charge in [-0.25, -0.2) is 4.79 Å². The number of methoxy groups -OCH3 is 1. The minimum atomic E-state index is -0.653. The molecule has 2 amide bonds. The molecular formula is C8H12N2O4. The van der Waals surface area contributed by atoms with E-state index in [0.717, 1.165) is 4.90 Å². The van der Waals surface area contributed by atoms with Crippen LogP contribution in [0.3, 0.4) is 0 Å². The van der Waals surface area contributed by atoms with Crippen molar-refractivity contribution >= 4 is 17.8 Å². The summed E-state index contributed by atoms with van der Waals surface area (Å²) in [7, 11) is 1.24. The van der Waals surface area contributed by atoms with Crippen LogP contribution in [0.1, 0.15) is 12.8 Å². The van der Waals surface area contributed by atoms with E-state index in [-0.39, 0.29) is 18.9 Å². The van der Waals surface area contributed by atoms with Gasteiger partial charge in [0, 0.05) is 6.42 Å². The highest BCUT2D eigenvalue weighted by molar-refractivity contribution is 5.91. The fourth-order valence-corrected chi connectivity index (χ4v) is 1.48. The first-order valence-corrected chi connectivity index (χ1v) is 4.22. The number of nitrogens with two attached hydrogens (primary N) is 1. The lowest BCUT2D eigenvalue weighted by Crippen LogP contribution is -2.43. The van der Waals surface area contributed by atoms with Crippen LogP contribution in [0.2, 0.25) is 0 Å². The molecule has 6 heteroatoms. The molecule has 1 rings (SSSR count). The summed E-state index contributed by atoms with van der Waals surface area (Å²) >= 11 is 0. The molecule has 78 valence electrons. The summed E-state index contributed by atoms with van der Waals surface area (Å²) in [6.45, 7) is -0.224. The Morgan fingerprint density at radius 2 is 2.29 bits per heavy atom. The minimum absolute atomic E-state index is 0.224. The van der Waals surface area contributed by atoms with Gasteiger partial charge in [-0.1, -0.05) is 0 Å². The smallest absolute Gasteiger partial charge is 0.328 e. The molecule has 14 heavy (non-hydrogen) atoms. The number of primary amides is 1. The number of likely N-dealkylation sites (tertiary alicyclic amines) is 1. The summed E-state index contributed by atoms with van der Waals surface area (Å²) in [6.07, 6.45) is 0.645. The van der Waals surface area contributed by atoms with Crippen LogP contribution >= 0.6 is 0 Å². The fraction of sp³-hybridized carbons (Fsp3) is 0.625. The molecule has 0 aromatic rings. The van der Waals surface area contributed by atoms with Gasteiger partial charge in [0.25, 0.3) is 0 Å². The third kappa shape index (κ3) is 2.01. The SMILES string of the molecule is COC(=O)[C@H]1CCC(=O)N1CC(N)=O. The number of hydrogen-bond donors (Lipinski definition) is 1. The van der Waals surface area contributed by atoms with Gasteiger partial charge in [0.1, 0.15) is 12.6 Å². The van der Waals surface area contributed by atoms with Crippen molar-refractivity contribution in [3.05, 3.63) is 0 Å². The van der Waals surface area contributed by atoms with Gasteiger partial charge in [-0.15, -0.1) is 0 Å². The van der Waals surface area contributed by atoms with E-state index in [1.54, 1.807) is 0 Å². The second-order valence-electron chi connectivity index (χ2n) is 3.07. The van der Waals surface area contributed by atoms with Crippen molar-refractivity contribution in [1.29, 1.82) is 0 Å². The summed E-state index contributed by atoms with van der Waals surface area (Å²) in [5.74, 6) is -1.37. The molecule has 0 aliphatic carbocycles. The second-order valence-corrected chi connectivity index (χ2v) is 3.07. The monoisotopic (exact) mass is 200 g/mol. The van der Waals surface area contributed by atoms with E-state index >= 15 is 0 Å². The molecule has 0 aromatic carbocycles. The predicted molar refractivity (Wildman–Crippen MR) is 45.9 cm³/mol. The van der Waals surface area contributed by atoms with Crippen LogP contribution in [0.5, 0.6) is 0 Å². The van der Waals surface area contributed by atoms with Crippen LogP contribution in [0.25, 0.3) is 0 Å². The van der Waals surface area contributed by atoms with Crippen LogP contribution in [-0.4, -0.2) is 42.4 Å². The Kier molecular flexibility index (Phi) is 3.06. The molecule has 0 radical (unpaired) electrons. The van der Waals surface area contributed by atoms with Gasteiger partial charge in [0.2, 0.25) is 11.8 Å². The summed E-state index contributed by atoms with van der Waals surface area (Å²) in [6, 6.07) is -0.653. The van der Waals surface area contributed by atoms with E-state index in [1.165, 1.54) is 7.11 Å². The van der Waals surface area contributed by atoms with Crippen LogP contribution < -0.4 is 5.73 Å². The highest BCUT2D eigenvalue weighted by atomic mass is 16.5. The van der Waals surface area contributed by atoms with Crippen molar-refractivity contribution in [3.8, 4) is 0 Å². The molecule has 1 saturated heterocycles. The van der Waals surface area contributed by atoms with Crippen LogP contribution in [0.4, 0.5) is 0 Å². The number of carbonyl (C=O) groups is 3. The first-order chi connectivity index (χ1) is 6.56. The molecule has 1 heterocycles. The highest BCUT2D eigenvalue weighted by Gasteiger charge is 2.37. The maximum Gasteiger partial charge on any atom is 0.328 e. The zero-order valence-corrected chi connectivity index (χ0v) is 7.86. The molecule has 1 fully saturated rings. The standard InChI is InChI=1S/C8H12N2O4/c1-14-8(13)5-2-3-7(12)10(5)4-6(9)11/h5H,2-4H2,1H3,(H2,9,11)/t5-/m1/s1. The van der Waals surface area contributed by atoms with Crippen molar-refractivity contribution in [2.24, 2.45) is 5.73 Å². The van der Waals surface area contributed by atoms with Gasteiger partial charge in [-0.2, -0.15) is 0 Å². The lowest BCUT2D eigenvalue weighted by Gasteiger charge is -2.20. The van der Waals surface area contributed by atoms with Crippen LogP contribution in [0, 0.1) is 0 Å². The van der Waals surface area contributed by atoms with E-state index < -0.39 is 17.9 Å². The maximum atomic E-state index is 11.3. The van der Waals surface area contributed by atoms with E-state index in [0.29, 0.717) is 6.42 Å². The van der Waals surface area contributed by atoms with Gasteiger partial charge in [0.05, 0.1) is 7.11 Å². The molecule has 1 aliphatic rings. The van der Waals surface area contributed by atoms with E-state index in [9.17, 15) is 14.4 Å². The largest absolute Gasteiger partial charge is 0.467 e. The molecular weight excluding hydrogens is 188 g/mol. The average Bonchev–Trinajstić information content (AvgIpc) is 2.46. The second kappa shape index (κ2) is 4.08. The number of esters is 1. The molecule has 0 unspecified atom stereocenters. The van der Waals surface area contributed by atoms with Crippen LogP contribution in [0.15, 0.2) is 0 Å². The minimum Gasteiger partial charge on any atom is -0.467 e. The summed E-state index contributed by atoms with van der Waals surface area (Å²) < 4.78 is 4.51. The van der Waals surface area contributed by atoms with Gasteiger partial charge < -0.3 is 15.4 Å². The van der Waals surface area contributed by atoms with Gasteiger partial charge >= 0.3 is 5.97 Å². The normalized spacial score (nSPS) is 21.1. The Morgan fingerprint density at radius 1 is 1.64 bits per heavy atom. The lowest BCUT2D eigenvalue weighted by atomic mass is 10.2. The number of nitrogens with zero attached hydrogens (tertiary/aromatic N) is 1. The number of amides is 2. The summed E-state index contributed by atoms with van der Waals surface area (Å²) in [4.78, 5) is 34.2. The first-order valence-electron chi connectivity index (χ1n) is 4.22. The Balaban J connectivity index is 2.71. The zero-order chi connectivity index (χ0) is 10.7. The van der Waals surface area contributed by atoms with Crippen molar-refractivity contribution < 1.29 is 19.1 Å². The van der Waals surface area contributed by atoms with Crippen molar-refractivity contribution in [2.45, 2.75) is 18.9 Å². The van der Waals surface area contributed by atoms with Crippen molar-refractivity contribution in [1.82, 2.24) is 4.90 Å². The highest BCUT2D eigenvalue weighted by Crippen LogP contribution is 2.18. The topological polar surface area (TPSA) is 89.7 Å². The summed E-state index contributed by atoms with van der Waals surface area (Å²) in [5, 5.41) is 0. The molecule has 6 nitrogen and oxygen atoms in total. The Labute approximate surface area is 81.0 Å². The van der Waals surface area contributed by atoms with Crippen molar-refractivity contribution in [2.75, 3.05) is 13.7 Å². The van der Waals surface area contributed by atoms with E-state index in [4.69, 9.17) is 5.73 Å². The Morgan fingerprint density at radius 3 is 2.79 bits per heavy atom. The molecule has 1 aliphatic heterocycles. The van der Waals surface area contributed by atoms with E-state index in [1.807, 2.05) is 0 Å². The Bertz CT molecular complexity index is 277. The maximum absolute atomic E-state index is 11.3. The summed E-state index contributed by atoms with van der Waals surface area (Å²) in [5.41, 5.74) is 4.95. The molecule has 0 aromatic heterocycles. The van der Waals surface area contributed by atoms with Crippen LogP contribution in [-0.2, 0) is 19.1 Å². The fourth-order valence-electron chi connectivity index (χ4n) is 1.48. The predicted octanol–water partition coefficient (Wildman–Crippen LogP) is -1.36. The van der Waals surface area contributed by atoms with Crippen molar-refractivity contribution in [3.63, 3.8) is 0 Å². The van der Waals surface area contributed by atoms with Gasteiger partial charge in [-0.3, -0.25) is 9.59 Å². The van der Waals surface area contributed by atoms with Gasteiger partial charge in [-0.05, 0) is 6.42 Å². The third-order valence-corrected chi connectivity index (χ3v) is 2.13. The number of rotatable bonds is 3. The number of ether oxygens (including phenoxy) is 1. The van der Waals surface area contributed by atoms with Gasteiger partial charge in [0.15, 0.2) is 0 Å². The first kappa shape index (κ1) is 10.5. The lowest BCUT2D eigenvalue weighted by molar-refractivity contribution is -0.149. The Hall–Kier alpha value is -1.59. The molecule has 0 spiro atoms. The average molecular weight is 200 g/mol. The van der Waals surface area contributed by atoms with E-state index in [2.05, 4.69) is 4.74 Å². The zero-order valence-electron chi connectivity index (χ0n) is 7.86. The quantitative estimate of drug-likeness (QED) is 0.569. The number of carbonyl (C=O) groups excluding carboxylic acids is 3. The molecule has 1 atom stereocenters. The number of hydrogen-bond acceptors (Lipinski definition) is 4. The molecule has 2 N–H and O–H groups in total.